The van der Waals surface area contributed by atoms with Crippen molar-refractivity contribution in [2.45, 2.75) is 25.3 Å². The van der Waals surface area contributed by atoms with Crippen LogP contribution in [0.3, 0.4) is 0 Å². The van der Waals surface area contributed by atoms with Crippen LogP contribution in [0.25, 0.3) is 0 Å². The van der Waals surface area contributed by atoms with Crippen LogP contribution >= 0.6 is 0 Å². The Morgan fingerprint density at radius 3 is 2.92 bits per heavy atom. The summed E-state index contributed by atoms with van der Waals surface area (Å²) in [6.45, 7) is 2.20. The van der Waals surface area contributed by atoms with E-state index in [2.05, 4.69) is 23.5 Å². The Morgan fingerprint density at radius 1 is 1.29 bits per heavy atom. The van der Waals surface area contributed by atoms with Gasteiger partial charge in [-0.05, 0) is 48.2 Å². The third-order valence-electron chi connectivity index (χ3n) is 5.07. The maximum Gasteiger partial charge on any atom is 0.328 e. The van der Waals surface area contributed by atoms with E-state index in [1.54, 1.807) is 6.07 Å². The highest BCUT2D eigenvalue weighted by Gasteiger charge is 2.46. The van der Waals surface area contributed by atoms with Gasteiger partial charge in [0.1, 0.15) is 6.04 Å². The molecule has 0 saturated heterocycles. The number of ether oxygens (including phenoxy) is 1. The number of carbonyl (C=O) groups is 1. The number of hydrogen-bond acceptors (Lipinski definition) is 4. The van der Waals surface area contributed by atoms with E-state index >= 15 is 0 Å². The Kier molecular flexibility index (Phi) is 3.50. The van der Waals surface area contributed by atoms with Gasteiger partial charge in [0, 0.05) is 17.5 Å². The number of nitrogens with one attached hydrogen (secondary N) is 1. The molecule has 1 aliphatic heterocycles. The normalized spacial score (nSPS) is 23.2. The fraction of sp³-hybridized carbons (Fsp3) is 0.300. The summed E-state index contributed by atoms with van der Waals surface area (Å²) in [5, 5.41) is 12.6. The predicted octanol–water partition coefficient (Wildman–Crippen LogP) is 3.22. The lowest BCUT2D eigenvalue weighted by Gasteiger charge is -2.36. The summed E-state index contributed by atoms with van der Waals surface area (Å²) >= 11 is 0. The molecule has 2 aromatic carbocycles. The minimum Gasteiger partial charge on any atom is -0.464 e. The number of carbonyl (C=O) groups excluding carboxylic acids is 1. The average molecular weight is 318 g/mol. The number of esters is 1. The Balaban J connectivity index is 1.85. The molecule has 0 amide bonds. The molecule has 0 aromatic heterocycles. The van der Waals surface area contributed by atoms with E-state index < -0.39 is 0 Å². The van der Waals surface area contributed by atoms with Crippen molar-refractivity contribution in [1.82, 2.24) is 0 Å². The monoisotopic (exact) mass is 318 g/mol. The maximum absolute atomic E-state index is 12.5. The van der Waals surface area contributed by atoms with Crippen molar-refractivity contribution in [1.29, 1.82) is 5.26 Å². The molecule has 0 radical (unpaired) electrons. The van der Waals surface area contributed by atoms with Gasteiger partial charge in [-0.2, -0.15) is 5.26 Å². The highest BCUT2D eigenvalue weighted by molar-refractivity contribution is 5.83. The van der Waals surface area contributed by atoms with E-state index in [1.165, 1.54) is 11.1 Å². The summed E-state index contributed by atoms with van der Waals surface area (Å²) in [6, 6.07) is 15.8. The lowest BCUT2D eigenvalue weighted by molar-refractivity contribution is -0.145. The van der Waals surface area contributed by atoms with Crippen LogP contribution in [0.15, 0.2) is 42.5 Å². The van der Waals surface area contributed by atoms with Gasteiger partial charge in [-0.3, -0.25) is 0 Å². The zero-order valence-corrected chi connectivity index (χ0v) is 13.5. The number of nitrogens with zero attached hydrogens (tertiary/aromatic N) is 1. The third-order valence-corrected chi connectivity index (χ3v) is 5.07. The van der Waals surface area contributed by atoms with Crippen molar-refractivity contribution >= 4 is 11.7 Å². The lowest BCUT2D eigenvalue weighted by atomic mass is 9.77. The van der Waals surface area contributed by atoms with Crippen LogP contribution in [0.2, 0.25) is 0 Å². The summed E-state index contributed by atoms with van der Waals surface area (Å²) in [4.78, 5) is 12.5. The first-order valence-corrected chi connectivity index (χ1v) is 8.28. The first kappa shape index (κ1) is 14.8. The molecular formula is C20H18N2O2. The highest BCUT2D eigenvalue weighted by atomic mass is 16.5. The van der Waals surface area contributed by atoms with E-state index in [0.29, 0.717) is 12.2 Å². The summed E-state index contributed by atoms with van der Waals surface area (Å²) < 4.78 is 5.29. The molecule has 0 spiro atoms. The van der Waals surface area contributed by atoms with Crippen LogP contribution in [0.4, 0.5) is 5.69 Å². The Hall–Kier alpha value is -2.80. The molecule has 2 aliphatic rings. The molecule has 3 atom stereocenters. The minimum absolute atomic E-state index is 0.114. The van der Waals surface area contributed by atoms with Crippen LogP contribution in [-0.2, 0) is 16.0 Å². The number of rotatable bonds is 2. The third kappa shape index (κ3) is 2.16. The van der Waals surface area contributed by atoms with Crippen molar-refractivity contribution in [3.8, 4) is 6.07 Å². The Labute approximate surface area is 141 Å². The highest BCUT2D eigenvalue weighted by Crippen LogP contribution is 2.50. The topological polar surface area (TPSA) is 62.1 Å². The second-order valence-corrected chi connectivity index (χ2v) is 6.33. The summed E-state index contributed by atoms with van der Waals surface area (Å²) in [5.74, 6) is 0.0402. The average Bonchev–Trinajstić information content (AvgIpc) is 3.00. The second kappa shape index (κ2) is 5.68. The Bertz CT molecular complexity index is 853. The van der Waals surface area contributed by atoms with E-state index in [9.17, 15) is 10.1 Å². The molecule has 1 heterocycles. The van der Waals surface area contributed by atoms with Gasteiger partial charge < -0.3 is 10.1 Å². The molecule has 1 aliphatic carbocycles. The van der Waals surface area contributed by atoms with Crippen LogP contribution < -0.4 is 5.32 Å². The van der Waals surface area contributed by atoms with Crippen molar-refractivity contribution in [3.63, 3.8) is 0 Å². The van der Waals surface area contributed by atoms with Gasteiger partial charge in [-0.15, -0.1) is 0 Å². The summed E-state index contributed by atoms with van der Waals surface area (Å²) in [6.07, 6.45) is 0.841. The second-order valence-electron chi connectivity index (χ2n) is 6.33. The van der Waals surface area contributed by atoms with Gasteiger partial charge >= 0.3 is 5.97 Å². The number of fused-ring (bicyclic) bond motifs is 5. The number of hydrogen-bond donors (Lipinski definition) is 1. The van der Waals surface area contributed by atoms with E-state index in [0.717, 1.165) is 17.7 Å². The molecule has 24 heavy (non-hydrogen) atoms. The van der Waals surface area contributed by atoms with Crippen molar-refractivity contribution < 1.29 is 9.53 Å². The molecule has 120 valence electrons. The number of anilines is 1. The first-order valence-electron chi connectivity index (χ1n) is 8.28. The van der Waals surface area contributed by atoms with Crippen LogP contribution in [0.1, 0.15) is 35.1 Å². The van der Waals surface area contributed by atoms with Gasteiger partial charge in [0.15, 0.2) is 0 Å². The summed E-state index contributed by atoms with van der Waals surface area (Å²) in [5.41, 5.74) is 5.20. The lowest BCUT2D eigenvalue weighted by Crippen LogP contribution is -2.43. The molecule has 3 unspecified atom stereocenters. The summed E-state index contributed by atoms with van der Waals surface area (Å²) in [7, 11) is 0. The molecule has 4 rings (SSSR count). The molecule has 4 heteroatoms. The Morgan fingerprint density at radius 2 is 2.12 bits per heavy atom. The van der Waals surface area contributed by atoms with Gasteiger partial charge in [0.2, 0.25) is 0 Å². The fourth-order valence-corrected chi connectivity index (χ4v) is 4.10. The maximum atomic E-state index is 12.5. The first-order chi connectivity index (χ1) is 11.7. The van der Waals surface area contributed by atoms with Gasteiger partial charge in [0.25, 0.3) is 0 Å². The molecule has 0 bridgehead atoms. The molecule has 0 saturated carbocycles. The predicted molar refractivity (Wildman–Crippen MR) is 90.7 cm³/mol. The smallest absolute Gasteiger partial charge is 0.328 e. The fourth-order valence-electron chi connectivity index (χ4n) is 4.10. The zero-order chi connectivity index (χ0) is 16.7. The minimum atomic E-state index is -0.359. The van der Waals surface area contributed by atoms with Crippen LogP contribution in [-0.4, -0.2) is 18.6 Å². The van der Waals surface area contributed by atoms with E-state index in [4.69, 9.17) is 4.74 Å². The van der Waals surface area contributed by atoms with Crippen LogP contribution in [0.5, 0.6) is 0 Å². The zero-order valence-electron chi connectivity index (χ0n) is 13.5. The van der Waals surface area contributed by atoms with E-state index in [-0.39, 0.29) is 23.8 Å². The number of nitriles is 1. The molecule has 4 nitrogen and oxygen atoms in total. The molecule has 0 fully saturated rings. The molecule has 2 aromatic rings. The van der Waals surface area contributed by atoms with E-state index in [1.807, 2.05) is 31.2 Å². The van der Waals surface area contributed by atoms with Crippen LogP contribution in [0, 0.1) is 17.2 Å². The van der Waals surface area contributed by atoms with Gasteiger partial charge in [-0.25, -0.2) is 4.79 Å². The SMILES string of the molecule is CCOC(=O)C1Nc2ccc(C#N)cc2C2c3ccccc3CC12. The van der Waals surface area contributed by atoms with Gasteiger partial charge in [0.05, 0.1) is 18.2 Å². The number of benzene rings is 2. The standard InChI is InChI=1S/C20H18N2O2/c1-2-24-20(23)19-16-10-13-5-3-4-6-14(13)18(16)15-9-12(11-21)7-8-17(15)22-19/h3-9,16,18-19,22H,2,10H2,1H3. The quantitative estimate of drug-likeness (QED) is 0.864. The van der Waals surface area contributed by atoms with Crippen molar-refractivity contribution in [2.24, 2.45) is 5.92 Å². The molecule has 1 N–H and O–H groups in total. The molecular weight excluding hydrogens is 300 g/mol. The van der Waals surface area contributed by atoms with Gasteiger partial charge in [-0.1, -0.05) is 24.3 Å². The van der Waals surface area contributed by atoms with Crippen molar-refractivity contribution in [2.75, 3.05) is 11.9 Å². The van der Waals surface area contributed by atoms with Crippen molar-refractivity contribution in [3.05, 3.63) is 64.7 Å². The largest absolute Gasteiger partial charge is 0.464 e.